The Morgan fingerprint density at radius 3 is 2.00 bits per heavy atom. The molecule has 0 nitrogen and oxygen atoms in total. The van der Waals surface area contributed by atoms with Crippen molar-refractivity contribution in [2.75, 3.05) is 0 Å². The molecule has 4 rings (SSSR count). The molecule has 2 heteroatoms. The molecule has 0 aliphatic heterocycles. The summed E-state index contributed by atoms with van der Waals surface area (Å²) in [6, 6.07) is 14.0. The van der Waals surface area contributed by atoms with Crippen LogP contribution in [0.25, 0.3) is 10.1 Å². The molecule has 2 aromatic rings. The van der Waals surface area contributed by atoms with Crippen molar-refractivity contribution in [3.05, 3.63) is 80.8 Å². The molecule has 0 spiro atoms. The second-order valence-corrected chi connectivity index (χ2v) is 7.35. The average Bonchev–Trinajstić information content (AvgIpc) is 2.58. The van der Waals surface area contributed by atoms with E-state index in [1.54, 1.807) is 0 Å². The summed E-state index contributed by atoms with van der Waals surface area (Å²) in [7, 11) is 0. The van der Waals surface area contributed by atoms with E-state index in [1.165, 1.54) is 43.4 Å². The van der Waals surface area contributed by atoms with Crippen LogP contribution in [0.5, 0.6) is 0 Å². The number of hydrogen-bond donors (Lipinski definition) is 0. The summed E-state index contributed by atoms with van der Waals surface area (Å²) in [5, 5.41) is 0. The van der Waals surface area contributed by atoms with Gasteiger partial charge in [-0.05, 0) is 75.7 Å². The zero-order valence-electron chi connectivity index (χ0n) is 12.2. The van der Waals surface area contributed by atoms with Crippen LogP contribution in [-0.4, -0.2) is 0 Å². The number of fused-ring (bicyclic) bond motifs is 3. The van der Waals surface area contributed by atoms with Gasteiger partial charge in [0.15, 0.2) is 0 Å². The maximum absolute atomic E-state index is 3.82. The predicted octanol–water partition coefficient (Wildman–Crippen LogP) is 6.06. The molecule has 0 amide bonds. The van der Waals surface area contributed by atoms with Gasteiger partial charge < -0.3 is 0 Å². The summed E-state index contributed by atoms with van der Waals surface area (Å²) in [6.07, 6.45) is 6.61. The van der Waals surface area contributed by atoms with E-state index < -0.39 is 0 Å². The van der Waals surface area contributed by atoms with Gasteiger partial charge in [0.1, 0.15) is 0 Å². The molecule has 0 fully saturated rings. The van der Waals surface area contributed by atoms with Crippen molar-refractivity contribution >= 4 is 41.9 Å². The van der Waals surface area contributed by atoms with E-state index in [4.69, 9.17) is 0 Å². The lowest BCUT2D eigenvalue weighted by Gasteiger charge is -2.14. The van der Waals surface area contributed by atoms with E-state index in [-0.39, 0.29) is 0 Å². The van der Waals surface area contributed by atoms with Crippen molar-refractivity contribution < 1.29 is 0 Å². The van der Waals surface area contributed by atoms with Crippen LogP contribution in [0.2, 0.25) is 0 Å². The van der Waals surface area contributed by atoms with Gasteiger partial charge in [-0.2, -0.15) is 0 Å². The van der Waals surface area contributed by atoms with Gasteiger partial charge in [-0.25, -0.2) is 0 Å². The number of allylic oxidation sites excluding steroid dienone is 2. The zero-order chi connectivity index (χ0) is 15.1. The van der Waals surface area contributed by atoms with E-state index in [2.05, 4.69) is 74.3 Å². The molecule has 0 aromatic heterocycles. The zero-order valence-corrected chi connectivity index (χ0v) is 15.4. The Morgan fingerprint density at radius 2 is 1.36 bits per heavy atom. The molecule has 110 valence electrons. The SMILES string of the molecule is Br/C=C1/C=C(/Br)c2cc3ccc2CCc2ccc(cc21)CC3. The van der Waals surface area contributed by atoms with Crippen LogP contribution in [0, 0.1) is 0 Å². The molecule has 2 aliphatic rings. The summed E-state index contributed by atoms with van der Waals surface area (Å²) in [4.78, 5) is 2.05. The highest BCUT2D eigenvalue weighted by Gasteiger charge is 2.16. The molecule has 0 saturated heterocycles. The molecular formula is C20H16Br2. The van der Waals surface area contributed by atoms with Gasteiger partial charge in [0.05, 0.1) is 0 Å². The molecule has 4 bridgehead atoms. The van der Waals surface area contributed by atoms with Crippen LogP contribution in [0.3, 0.4) is 0 Å². The summed E-state index contributed by atoms with van der Waals surface area (Å²) < 4.78 is 1.18. The molecule has 0 unspecified atom stereocenters. The molecule has 0 atom stereocenters. The van der Waals surface area contributed by atoms with Crippen molar-refractivity contribution in [2.24, 2.45) is 0 Å². The Kier molecular flexibility index (Phi) is 3.83. The van der Waals surface area contributed by atoms with Gasteiger partial charge in [0, 0.05) is 4.48 Å². The minimum Gasteiger partial charge on any atom is -0.0588 e. The third kappa shape index (κ3) is 2.53. The minimum atomic E-state index is 1.08. The standard InChI is InChI=1S/C20H16Br2/c21-12-17-11-20(22)19-10-14-2-1-13-3-5-15(18(17)9-13)7-8-16(19)6-4-14/h3-6,9-12H,1-2,7-8H2/b17-12-,20-11+. The molecular weight excluding hydrogens is 400 g/mol. The smallest absolute Gasteiger partial charge is 0.0256 e. The van der Waals surface area contributed by atoms with E-state index in [1.807, 2.05) is 4.99 Å². The third-order valence-corrected chi connectivity index (χ3v) is 5.83. The third-order valence-electron chi connectivity index (χ3n) is 4.68. The van der Waals surface area contributed by atoms with Gasteiger partial charge in [0.25, 0.3) is 0 Å². The van der Waals surface area contributed by atoms with Crippen molar-refractivity contribution in [3.8, 4) is 0 Å². The number of hydrogen-bond acceptors (Lipinski definition) is 0. The molecule has 22 heavy (non-hydrogen) atoms. The Hall–Kier alpha value is -1.12. The molecule has 0 heterocycles. The lowest BCUT2D eigenvalue weighted by atomic mass is 9.91. The fourth-order valence-electron chi connectivity index (χ4n) is 3.43. The number of rotatable bonds is 0. The van der Waals surface area contributed by atoms with Gasteiger partial charge in [-0.1, -0.05) is 68.3 Å². The van der Waals surface area contributed by atoms with Gasteiger partial charge in [-0.15, -0.1) is 0 Å². The molecule has 0 saturated carbocycles. The summed E-state index contributed by atoms with van der Waals surface area (Å²) in [5.41, 5.74) is 9.65. The Balaban J connectivity index is 2.07. The topological polar surface area (TPSA) is 0 Å². The first-order valence-corrected chi connectivity index (χ1v) is 9.37. The normalized spacial score (nSPS) is 20.5. The molecule has 0 radical (unpaired) electrons. The lowest BCUT2D eigenvalue weighted by molar-refractivity contribution is 0.917. The van der Waals surface area contributed by atoms with Crippen molar-refractivity contribution in [1.29, 1.82) is 0 Å². The summed E-state index contributed by atoms with van der Waals surface area (Å²) in [5.74, 6) is 0. The van der Waals surface area contributed by atoms with E-state index in [0.717, 1.165) is 25.7 Å². The Bertz CT molecular complexity index is 812. The largest absolute Gasteiger partial charge is 0.0588 e. The monoisotopic (exact) mass is 414 g/mol. The van der Waals surface area contributed by atoms with E-state index in [0.29, 0.717) is 0 Å². The predicted molar refractivity (Wildman–Crippen MR) is 102 cm³/mol. The summed E-state index contributed by atoms with van der Waals surface area (Å²) >= 11 is 7.39. The highest BCUT2D eigenvalue weighted by atomic mass is 79.9. The van der Waals surface area contributed by atoms with Crippen LogP contribution in [-0.2, 0) is 25.7 Å². The molecule has 2 aliphatic carbocycles. The first-order valence-electron chi connectivity index (χ1n) is 7.66. The van der Waals surface area contributed by atoms with Crippen LogP contribution in [0.4, 0.5) is 0 Å². The Morgan fingerprint density at radius 1 is 0.773 bits per heavy atom. The number of aryl methyl sites for hydroxylation is 4. The highest BCUT2D eigenvalue weighted by molar-refractivity contribution is 9.15. The average molecular weight is 416 g/mol. The van der Waals surface area contributed by atoms with Crippen LogP contribution < -0.4 is 0 Å². The maximum Gasteiger partial charge on any atom is 0.0256 e. The van der Waals surface area contributed by atoms with Crippen LogP contribution in [0.15, 0.2) is 47.5 Å². The highest BCUT2D eigenvalue weighted by Crippen LogP contribution is 2.35. The lowest BCUT2D eigenvalue weighted by Crippen LogP contribution is -2.02. The number of halogens is 2. The van der Waals surface area contributed by atoms with Crippen molar-refractivity contribution in [1.82, 2.24) is 0 Å². The molecule has 2 aromatic carbocycles. The first-order chi connectivity index (χ1) is 10.7. The second-order valence-electron chi connectivity index (χ2n) is 6.04. The maximum atomic E-state index is 3.82. The van der Waals surface area contributed by atoms with Gasteiger partial charge in [-0.3, -0.25) is 0 Å². The molecule has 0 N–H and O–H groups in total. The second kappa shape index (κ2) is 5.82. The van der Waals surface area contributed by atoms with Gasteiger partial charge in [0.2, 0.25) is 0 Å². The van der Waals surface area contributed by atoms with Crippen molar-refractivity contribution in [3.63, 3.8) is 0 Å². The quantitative estimate of drug-likeness (QED) is 0.490. The van der Waals surface area contributed by atoms with Crippen LogP contribution in [0.1, 0.15) is 33.4 Å². The van der Waals surface area contributed by atoms with E-state index >= 15 is 0 Å². The fourth-order valence-corrected chi connectivity index (χ4v) is 4.42. The fraction of sp³-hybridized carbons (Fsp3) is 0.200. The minimum absolute atomic E-state index is 1.08. The Labute approximate surface area is 148 Å². The first kappa shape index (κ1) is 14.5. The van der Waals surface area contributed by atoms with E-state index in [9.17, 15) is 0 Å². The number of benzene rings is 2. The van der Waals surface area contributed by atoms with Crippen molar-refractivity contribution in [2.45, 2.75) is 25.7 Å². The van der Waals surface area contributed by atoms with Crippen LogP contribution >= 0.6 is 31.9 Å². The summed E-state index contributed by atoms with van der Waals surface area (Å²) in [6.45, 7) is 0. The van der Waals surface area contributed by atoms with Gasteiger partial charge >= 0.3 is 0 Å².